The van der Waals surface area contributed by atoms with E-state index >= 15 is 0 Å². The largest absolute Gasteiger partial charge is 0.480 e. The summed E-state index contributed by atoms with van der Waals surface area (Å²) in [5.74, 6) is -2.43. The van der Waals surface area contributed by atoms with Crippen LogP contribution in [0.4, 0.5) is 0 Å². The summed E-state index contributed by atoms with van der Waals surface area (Å²) >= 11 is 0. The minimum absolute atomic E-state index is 0.408. The van der Waals surface area contributed by atoms with Gasteiger partial charge in [0.05, 0.1) is 12.5 Å². The number of carbonyl (C=O) groups excluding carboxylic acids is 2. The maximum Gasteiger partial charge on any atom is 0.326 e. The molecule has 0 heterocycles. The average molecular weight is 274 g/mol. The first-order valence-corrected chi connectivity index (χ1v) is 5.99. The van der Waals surface area contributed by atoms with Crippen molar-refractivity contribution in [2.24, 2.45) is 0 Å². The van der Waals surface area contributed by atoms with Crippen LogP contribution in [0.25, 0.3) is 0 Å². The van der Waals surface area contributed by atoms with Gasteiger partial charge in [-0.2, -0.15) is 0 Å². The molecule has 1 unspecified atom stereocenters. The van der Waals surface area contributed by atoms with Crippen molar-refractivity contribution in [2.75, 3.05) is 7.05 Å². The molecule has 0 aliphatic rings. The molecule has 0 aromatic heterocycles. The van der Waals surface area contributed by atoms with Gasteiger partial charge in [0.15, 0.2) is 0 Å². The monoisotopic (exact) mass is 274 g/mol. The quantitative estimate of drug-likeness (QED) is 0.584. The number of amides is 1. The highest BCUT2D eigenvalue weighted by atomic mass is 16.6. The summed E-state index contributed by atoms with van der Waals surface area (Å²) in [6.07, 6.45) is -0.408. The van der Waals surface area contributed by atoms with Gasteiger partial charge < -0.3 is 20.5 Å². The van der Waals surface area contributed by atoms with Crippen LogP contribution in [0.3, 0.4) is 0 Å². The number of ether oxygens (including phenoxy) is 1. The second-order valence-electron chi connectivity index (χ2n) is 5.20. The van der Waals surface area contributed by atoms with Crippen LogP contribution in [0.1, 0.15) is 34.1 Å². The van der Waals surface area contributed by atoms with E-state index in [1.165, 1.54) is 0 Å². The number of nitrogens with one attached hydrogen (secondary N) is 2. The molecule has 0 rings (SSSR count). The SMILES string of the molecule is CNC(C)C(=O)N[C@@H](CC(=O)OC(C)(C)C)C(=O)O. The first kappa shape index (κ1) is 17.4. The predicted octanol–water partition coefficient (Wildman–Crippen LogP) is -0.104. The fourth-order valence-electron chi connectivity index (χ4n) is 1.18. The second-order valence-corrected chi connectivity index (χ2v) is 5.20. The van der Waals surface area contributed by atoms with Crippen LogP contribution in [0.15, 0.2) is 0 Å². The molecule has 7 nitrogen and oxygen atoms in total. The fraction of sp³-hybridized carbons (Fsp3) is 0.750. The van der Waals surface area contributed by atoms with Crippen molar-refractivity contribution < 1.29 is 24.2 Å². The van der Waals surface area contributed by atoms with Crippen molar-refractivity contribution in [3.8, 4) is 0 Å². The number of carbonyl (C=O) groups is 3. The van der Waals surface area contributed by atoms with E-state index in [4.69, 9.17) is 9.84 Å². The molecule has 0 aliphatic heterocycles. The first-order valence-electron chi connectivity index (χ1n) is 5.99. The summed E-state index contributed by atoms with van der Waals surface area (Å²) in [6, 6.07) is -1.83. The van der Waals surface area contributed by atoms with Crippen LogP contribution < -0.4 is 10.6 Å². The third-order valence-electron chi connectivity index (χ3n) is 2.23. The smallest absolute Gasteiger partial charge is 0.326 e. The molecule has 3 N–H and O–H groups in total. The summed E-state index contributed by atoms with van der Waals surface area (Å²) in [6.45, 7) is 6.63. The number of carboxylic acid groups (broad SMARTS) is 1. The fourth-order valence-corrected chi connectivity index (χ4v) is 1.18. The molecule has 0 aromatic rings. The Labute approximate surface area is 112 Å². The van der Waals surface area contributed by atoms with Gasteiger partial charge in [-0.25, -0.2) is 4.79 Å². The van der Waals surface area contributed by atoms with Gasteiger partial charge in [-0.05, 0) is 34.7 Å². The Morgan fingerprint density at radius 1 is 1.26 bits per heavy atom. The van der Waals surface area contributed by atoms with Crippen molar-refractivity contribution in [2.45, 2.75) is 51.8 Å². The zero-order valence-electron chi connectivity index (χ0n) is 11.9. The van der Waals surface area contributed by atoms with Gasteiger partial charge in [-0.1, -0.05) is 0 Å². The second kappa shape index (κ2) is 7.08. The van der Waals surface area contributed by atoms with E-state index in [1.54, 1.807) is 34.7 Å². The van der Waals surface area contributed by atoms with Gasteiger partial charge >= 0.3 is 11.9 Å². The lowest BCUT2D eigenvalue weighted by Crippen LogP contribution is -2.49. The number of hydrogen-bond acceptors (Lipinski definition) is 5. The molecule has 0 bridgehead atoms. The van der Waals surface area contributed by atoms with Crippen LogP contribution in [0.5, 0.6) is 0 Å². The van der Waals surface area contributed by atoms with Crippen molar-refractivity contribution in [1.29, 1.82) is 0 Å². The van der Waals surface area contributed by atoms with Gasteiger partial charge in [0.1, 0.15) is 11.6 Å². The number of carboxylic acids is 1. The summed E-state index contributed by atoms with van der Waals surface area (Å²) in [4.78, 5) is 34.1. The molecule has 19 heavy (non-hydrogen) atoms. The van der Waals surface area contributed by atoms with E-state index in [2.05, 4.69) is 10.6 Å². The number of aliphatic carboxylic acids is 1. The minimum atomic E-state index is -1.29. The van der Waals surface area contributed by atoms with Crippen LogP contribution in [-0.2, 0) is 19.1 Å². The normalized spacial score (nSPS) is 14.4. The van der Waals surface area contributed by atoms with Gasteiger partial charge in [0.2, 0.25) is 5.91 Å². The van der Waals surface area contributed by atoms with E-state index in [-0.39, 0.29) is 0 Å². The molecule has 110 valence electrons. The number of rotatable bonds is 6. The zero-order valence-corrected chi connectivity index (χ0v) is 11.9. The zero-order chi connectivity index (χ0) is 15.2. The Morgan fingerprint density at radius 2 is 1.79 bits per heavy atom. The molecular weight excluding hydrogens is 252 g/mol. The average Bonchev–Trinajstić information content (AvgIpc) is 2.24. The van der Waals surface area contributed by atoms with Crippen LogP contribution in [-0.4, -0.2) is 47.7 Å². The van der Waals surface area contributed by atoms with Crippen LogP contribution in [0.2, 0.25) is 0 Å². The van der Waals surface area contributed by atoms with Crippen LogP contribution in [0, 0.1) is 0 Å². The maximum atomic E-state index is 11.6. The Balaban J connectivity index is 4.55. The standard InChI is InChI=1S/C12H22N2O5/c1-7(13-5)10(16)14-8(11(17)18)6-9(15)19-12(2,3)4/h7-8,13H,6H2,1-5H3,(H,14,16)(H,17,18)/t7?,8-/m0/s1. The molecule has 0 spiro atoms. The third-order valence-corrected chi connectivity index (χ3v) is 2.23. The van der Waals surface area contributed by atoms with Crippen molar-refractivity contribution in [1.82, 2.24) is 10.6 Å². The van der Waals surface area contributed by atoms with E-state index in [0.717, 1.165) is 0 Å². The lowest BCUT2D eigenvalue weighted by Gasteiger charge is -2.22. The molecule has 7 heteroatoms. The van der Waals surface area contributed by atoms with Gasteiger partial charge in [0.25, 0.3) is 0 Å². The van der Waals surface area contributed by atoms with E-state index in [1.807, 2.05) is 0 Å². The van der Waals surface area contributed by atoms with E-state index < -0.39 is 42.0 Å². The third kappa shape index (κ3) is 7.40. The lowest BCUT2D eigenvalue weighted by molar-refractivity contribution is -0.158. The Morgan fingerprint density at radius 3 is 2.16 bits per heavy atom. The summed E-state index contributed by atoms with van der Waals surface area (Å²) in [7, 11) is 1.58. The predicted molar refractivity (Wildman–Crippen MR) is 68.6 cm³/mol. The number of likely N-dealkylation sites (N-methyl/N-ethyl adjacent to an activating group) is 1. The molecule has 2 atom stereocenters. The Bertz CT molecular complexity index is 349. The lowest BCUT2D eigenvalue weighted by atomic mass is 10.1. The molecule has 0 radical (unpaired) electrons. The van der Waals surface area contributed by atoms with Gasteiger partial charge in [-0.15, -0.1) is 0 Å². The number of hydrogen-bond donors (Lipinski definition) is 3. The highest BCUT2D eigenvalue weighted by molar-refractivity contribution is 5.89. The summed E-state index contributed by atoms with van der Waals surface area (Å²) in [5, 5.41) is 13.9. The minimum Gasteiger partial charge on any atom is -0.480 e. The Hall–Kier alpha value is -1.63. The topological polar surface area (TPSA) is 105 Å². The highest BCUT2D eigenvalue weighted by Crippen LogP contribution is 2.09. The summed E-state index contributed by atoms with van der Waals surface area (Å²) < 4.78 is 5.02. The molecule has 0 saturated carbocycles. The Kier molecular flexibility index (Phi) is 6.47. The van der Waals surface area contributed by atoms with Gasteiger partial charge in [-0.3, -0.25) is 9.59 Å². The molecule has 0 saturated heterocycles. The molecule has 1 amide bonds. The highest BCUT2D eigenvalue weighted by Gasteiger charge is 2.27. The summed E-state index contributed by atoms with van der Waals surface area (Å²) in [5.41, 5.74) is -0.692. The van der Waals surface area contributed by atoms with Crippen LogP contribution >= 0.6 is 0 Å². The number of esters is 1. The van der Waals surface area contributed by atoms with Crippen molar-refractivity contribution in [3.05, 3.63) is 0 Å². The molecule has 0 aromatic carbocycles. The maximum absolute atomic E-state index is 11.6. The van der Waals surface area contributed by atoms with Crippen molar-refractivity contribution >= 4 is 17.8 Å². The molecule has 0 aliphatic carbocycles. The van der Waals surface area contributed by atoms with Gasteiger partial charge in [0, 0.05) is 0 Å². The first-order chi connectivity index (χ1) is 8.56. The van der Waals surface area contributed by atoms with E-state index in [9.17, 15) is 14.4 Å². The molecular formula is C12H22N2O5. The molecule has 0 fully saturated rings. The van der Waals surface area contributed by atoms with E-state index in [0.29, 0.717) is 0 Å². The van der Waals surface area contributed by atoms with Crippen molar-refractivity contribution in [3.63, 3.8) is 0 Å².